The lowest BCUT2D eigenvalue weighted by molar-refractivity contribution is -0.140. The van der Waals surface area contributed by atoms with Crippen molar-refractivity contribution in [1.82, 2.24) is 4.90 Å². The Morgan fingerprint density at radius 2 is 2.25 bits per heavy atom. The molecule has 2 rings (SSSR count). The van der Waals surface area contributed by atoms with E-state index in [1.807, 2.05) is 6.92 Å². The quantitative estimate of drug-likeness (QED) is 0.541. The predicted molar refractivity (Wildman–Crippen MR) is 63.1 cm³/mol. The van der Waals surface area contributed by atoms with Crippen LogP contribution in [-0.2, 0) is 9.53 Å². The number of carbonyl (C=O) groups excluding carboxylic acids is 1. The zero-order valence-electron chi connectivity index (χ0n) is 10.2. The molecule has 2 heterocycles. The standard InChI is InChI=1S/C13H21NO2/c1-3-10(2)13(15)16-9-11-6-8-14-7-4-5-12(11)14/h3,11-12H,4-9H2,1-2H3/b10-3+/t11-,12-/m0/s1. The van der Waals surface area contributed by atoms with E-state index < -0.39 is 0 Å². The summed E-state index contributed by atoms with van der Waals surface area (Å²) in [6.45, 7) is 6.70. The summed E-state index contributed by atoms with van der Waals surface area (Å²) >= 11 is 0. The molecule has 0 aliphatic carbocycles. The van der Waals surface area contributed by atoms with E-state index in [0.29, 0.717) is 24.1 Å². The summed E-state index contributed by atoms with van der Waals surface area (Å²) in [6.07, 6.45) is 5.58. The van der Waals surface area contributed by atoms with Crippen molar-refractivity contribution in [2.75, 3.05) is 19.7 Å². The highest BCUT2D eigenvalue weighted by Crippen LogP contribution is 2.32. The van der Waals surface area contributed by atoms with Crippen LogP contribution in [0.4, 0.5) is 0 Å². The Bertz CT molecular complexity index is 298. The highest BCUT2D eigenvalue weighted by molar-refractivity contribution is 5.87. The minimum Gasteiger partial charge on any atom is -0.462 e. The number of hydrogen-bond acceptors (Lipinski definition) is 3. The van der Waals surface area contributed by atoms with Gasteiger partial charge in [-0.25, -0.2) is 4.79 Å². The number of ether oxygens (including phenoxy) is 1. The molecule has 0 bridgehead atoms. The Morgan fingerprint density at radius 3 is 3.00 bits per heavy atom. The number of allylic oxidation sites excluding steroid dienone is 1. The van der Waals surface area contributed by atoms with Crippen molar-refractivity contribution in [1.29, 1.82) is 0 Å². The van der Waals surface area contributed by atoms with Gasteiger partial charge in [-0.2, -0.15) is 0 Å². The molecule has 2 aliphatic heterocycles. The van der Waals surface area contributed by atoms with Gasteiger partial charge in [-0.3, -0.25) is 4.90 Å². The first-order valence-electron chi connectivity index (χ1n) is 6.26. The van der Waals surface area contributed by atoms with Crippen molar-refractivity contribution in [3.8, 4) is 0 Å². The van der Waals surface area contributed by atoms with E-state index in [0.717, 1.165) is 0 Å². The normalized spacial score (nSPS) is 30.5. The molecule has 2 aliphatic rings. The van der Waals surface area contributed by atoms with Gasteiger partial charge in [0.1, 0.15) is 0 Å². The highest BCUT2D eigenvalue weighted by Gasteiger charge is 2.37. The van der Waals surface area contributed by atoms with Crippen molar-refractivity contribution in [2.45, 2.75) is 39.2 Å². The zero-order chi connectivity index (χ0) is 11.5. The van der Waals surface area contributed by atoms with Gasteiger partial charge in [0.25, 0.3) is 0 Å². The number of esters is 1. The van der Waals surface area contributed by atoms with Gasteiger partial charge in [0.2, 0.25) is 0 Å². The van der Waals surface area contributed by atoms with Gasteiger partial charge in [0, 0.05) is 17.5 Å². The molecule has 0 amide bonds. The van der Waals surface area contributed by atoms with Crippen LogP contribution in [0.2, 0.25) is 0 Å². The second-order valence-corrected chi connectivity index (χ2v) is 4.86. The lowest BCUT2D eigenvalue weighted by atomic mass is 9.99. The first-order valence-corrected chi connectivity index (χ1v) is 6.26. The van der Waals surface area contributed by atoms with Crippen LogP contribution in [0.25, 0.3) is 0 Å². The van der Waals surface area contributed by atoms with Gasteiger partial charge in [0.05, 0.1) is 6.61 Å². The molecule has 0 N–H and O–H groups in total. The second-order valence-electron chi connectivity index (χ2n) is 4.86. The van der Waals surface area contributed by atoms with Crippen molar-refractivity contribution in [3.05, 3.63) is 11.6 Å². The van der Waals surface area contributed by atoms with E-state index in [1.54, 1.807) is 13.0 Å². The summed E-state index contributed by atoms with van der Waals surface area (Å²) in [5, 5.41) is 0. The third kappa shape index (κ3) is 2.29. The molecule has 0 unspecified atom stereocenters. The van der Waals surface area contributed by atoms with E-state index in [-0.39, 0.29) is 5.97 Å². The van der Waals surface area contributed by atoms with Gasteiger partial charge in [-0.15, -0.1) is 0 Å². The number of nitrogens with zero attached hydrogens (tertiary/aromatic N) is 1. The molecule has 0 spiro atoms. The van der Waals surface area contributed by atoms with Crippen LogP contribution in [0.5, 0.6) is 0 Å². The number of hydrogen-bond donors (Lipinski definition) is 0. The summed E-state index contributed by atoms with van der Waals surface area (Å²) in [6, 6.07) is 0.679. The van der Waals surface area contributed by atoms with Crippen LogP contribution in [0.15, 0.2) is 11.6 Å². The van der Waals surface area contributed by atoms with Crippen LogP contribution < -0.4 is 0 Å². The van der Waals surface area contributed by atoms with Gasteiger partial charge < -0.3 is 4.74 Å². The molecule has 0 aromatic rings. The molecule has 0 saturated carbocycles. The molecule has 3 nitrogen and oxygen atoms in total. The van der Waals surface area contributed by atoms with Crippen molar-refractivity contribution >= 4 is 5.97 Å². The lowest BCUT2D eigenvalue weighted by Crippen LogP contribution is -2.28. The monoisotopic (exact) mass is 223 g/mol. The maximum absolute atomic E-state index is 11.5. The molecule has 3 heteroatoms. The SMILES string of the molecule is C/C=C(\C)C(=O)OC[C@@H]1CCN2CCC[C@@H]12. The van der Waals surface area contributed by atoms with Crippen LogP contribution in [-0.4, -0.2) is 36.6 Å². The van der Waals surface area contributed by atoms with Gasteiger partial charge in [-0.1, -0.05) is 6.08 Å². The van der Waals surface area contributed by atoms with Crippen LogP contribution in [0.3, 0.4) is 0 Å². The summed E-state index contributed by atoms with van der Waals surface area (Å²) in [4.78, 5) is 14.1. The average molecular weight is 223 g/mol. The Morgan fingerprint density at radius 1 is 1.44 bits per heavy atom. The molecule has 16 heavy (non-hydrogen) atoms. The Hall–Kier alpha value is -0.830. The minimum atomic E-state index is -0.154. The minimum absolute atomic E-state index is 0.154. The molecule has 0 radical (unpaired) electrons. The third-order valence-corrected chi connectivity index (χ3v) is 3.93. The summed E-state index contributed by atoms with van der Waals surface area (Å²) in [5.41, 5.74) is 0.710. The van der Waals surface area contributed by atoms with E-state index in [9.17, 15) is 4.79 Å². The van der Waals surface area contributed by atoms with E-state index in [4.69, 9.17) is 4.74 Å². The summed E-state index contributed by atoms with van der Waals surface area (Å²) in [5.74, 6) is 0.412. The van der Waals surface area contributed by atoms with E-state index in [2.05, 4.69) is 4.90 Å². The molecule has 2 saturated heterocycles. The predicted octanol–water partition coefficient (Wildman–Crippen LogP) is 1.98. The third-order valence-electron chi connectivity index (χ3n) is 3.93. The average Bonchev–Trinajstić information content (AvgIpc) is 2.87. The molecular formula is C13H21NO2. The number of rotatable bonds is 3. The molecular weight excluding hydrogens is 202 g/mol. The smallest absolute Gasteiger partial charge is 0.333 e. The lowest BCUT2D eigenvalue weighted by Gasteiger charge is -2.19. The van der Waals surface area contributed by atoms with Crippen LogP contribution in [0.1, 0.15) is 33.1 Å². The van der Waals surface area contributed by atoms with Crippen molar-refractivity contribution in [2.24, 2.45) is 5.92 Å². The fraction of sp³-hybridized carbons (Fsp3) is 0.769. The Labute approximate surface area is 97.5 Å². The number of carbonyl (C=O) groups is 1. The van der Waals surface area contributed by atoms with Crippen LogP contribution >= 0.6 is 0 Å². The van der Waals surface area contributed by atoms with E-state index in [1.165, 1.54) is 32.4 Å². The van der Waals surface area contributed by atoms with Crippen LogP contribution in [0, 0.1) is 5.92 Å². The molecule has 90 valence electrons. The van der Waals surface area contributed by atoms with Gasteiger partial charge in [-0.05, 0) is 46.2 Å². The molecule has 2 fully saturated rings. The highest BCUT2D eigenvalue weighted by atomic mass is 16.5. The maximum Gasteiger partial charge on any atom is 0.333 e. The Balaban J connectivity index is 1.80. The van der Waals surface area contributed by atoms with E-state index >= 15 is 0 Å². The number of fused-ring (bicyclic) bond motifs is 1. The summed E-state index contributed by atoms with van der Waals surface area (Å²) < 4.78 is 5.35. The first kappa shape index (κ1) is 11.6. The first-order chi connectivity index (χ1) is 7.72. The summed E-state index contributed by atoms with van der Waals surface area (Å²) in [7, 11) is 0. The topological polar surface area (TPSA) is 29.5 Å². The molecule has 0 aromatic carbocycles. The van der Waals surface area contributed by atoms with Gasteiger partial charge >= 0.3 is 5.97 Å². The maximum atomic E-state index is 11.5. The zero-order valence-corrected chi connectivity index (χ0v) is 10.2. The van der Waals surface area contributed by atoms with Crippen molar-refractivity contribution < 1.29 is 9.53 Å². The fourth-order valence-corrected chi connectivity index (χ4v) is 2.80. The molecule has 0 aromatic heterocycles. The van der Waals surface area contributed by atoms with Crippen molar-refractivity contribution in [3.63, 3.8) is 0 Å². The molecule has 2 atom stereocenters. The second kappa shape index (κ2) is 5.00. The Kier molecular flexibility index (Phi) is 3.64. The largest absolute Gasteiger partial charge is 0.462 e. The fourth-order valence-electron chi connectivity index (χ4n) is 2.80. The van der Waals surface area contributed by atoms with Gasteiger partial charge in [0.15, 0.2) is 0 Å².